The van der Waals surface area contributed by atoms with Crippen LogP contribution in [0.1, 0.15) is 26.3 Å². The van der Waals surface area contributed by atoms with Crippen LogP contribution in [0.5, 0.6) is 5.88 Å². The lowest BCUT2D eigenvalue weighted by molar-refractivity contribution is 0.124. The number of ether oxygens (including phenoxy) is 1. The summed E-state index contributed by atoms with van der Waals surface area (Å²) in [6, 6.07) is 3.51. The maximum atomic E-state index is 5.57. The van der Waals surface area contributed by atoms with E-state index in [4.69, 9.17) is 22.7 Å². The van der Waals surface area contributed by atoms with Crippen LogP contribution in [-0.4, -0.2) is 15.6 Å². The third-order valence-electron chi connectivity index (χ3n) is 1.43. The molecule has 0 atom stereocenters. The maximum Gasteiger partial charge on any atom is 0.214 e. The van der Waals surface area contributed by atoms with Crippen LogP contribution in [0.25, 0.3) is 0 Å². The quantitative estimate of drug-likeness (QED) is 0.757. The van der Waals surface area contributed by atoms with Gasteiger partial charge in [0.25, 0.3) is 0 Å². The topological polar surface area (TPSA) is 48.1 Å². The molecule has 1 heterocycles. The number of hydrogen-bond donors (Lipinski definition) is 1. The highest BCUT2D eigenvalue weighted by molar-refractivity contribution is 7.80. The van der Waals surface area contributed by atoms with Crippen LogP contribution in [0.15, 0.2) is 18.3 Å². The molecule has 0 amide bonds. The second kappa shape index (κ2) is 3.92. The van der Waals surface area contributed by atoms with E-state index in [-0.39, 0.29) is 5.60 Å². The minimum Gasteiger partial charge on any atom is -0.472 e. The maximum absolute atomic E-state index is 5.57. The van der Waals surface area contributed by atoms with Crippen molar-refractivity contribution < 1.29 is 4.74 Å². The summed E-state index contributed by atoms with van der Waals surface area (Å²) in [7, 11) is 0. The predicted molar refractivity (Wildman–Crippen MR) is 60.5 cm³/mol. The predicted octanol–water partition coefficient (Wildman–Crippen LogP) is 1.89. The fourth-order valence-electron chi connectivity index (χ4n) is 0.932. The lowest BCUT2D eigenvalue weighted by Crippen LogP contribution is -2.23. The molecule has 14 heavy (non-hydrogen) atoms. The van der Waals surface area contributed by atoms with Gasteiger partial charge in [0.15, 0.2) is 0 Å². The van der Waals surface area contributed by atoms with E-state index in [1.54, 1.807) is 18.3 Å². The molecule has 4 heteroatoms. The first kappa shape index (κ1) is 10.9. The SMILES string of the molecule is CC(C)(C)Oc1cc(C(N)=S)ccn1. The Morgan fingerprint density at radius 3 is 2.64 bits per heavy atom. The highest BCUT2D eigenvalue weighted by Gasteiger charge is 2.12. The molecule has 0 aromatic carbocycles. The number of nitrogens with two attached hydrogens (primary N) is 1. The summed E-state index contributed by atoms with van der Waals surface area (Å²) >= 11 is 4.86. The van der Waals surface area contributed by atoms with Crippen LogP contribution >= 0.6 is 12.2 Å². The summed E-state index contributed by atoms with van der Waals surface area (Å²) < 4.78 is 5.57. The van der Waals surface area contributed by atoms with Gasteiger partial charge in [-0.3, -0.25) is 0 Å². The fraction of sp³-hybridized carbons (Fsp3) is 0.400. The molecule has 1 rings (SSSR count). The van der Waals surface area contributed by atoms with Crippen LogP contribution in [0.4, 0.5) is 0 Å². The van der Waals surface area contributed by atoms with Gasteiger partial charge in [0.1, 0.15) is 10.6 Å². The number of hydrogen-bond acceptors (Lipinski definition) is 3. The number of nitrogens with zero attached hydrogens (tertiary/aromatic N) is 1. The van der Waals surface area contributed by atoms with Gasteiger partial charge in [-0.25, -0.2) is 4.98 Å². The Hall–Kier alpha value is -1.16. The molecule has 0 fully saturated rings. The molecule has 2 N–H and O–H groups in total. The van der Waals surface area contributed by atoms with Gasteiger partial charge in [0, 0.05) is 17.8 Å². The molecular weight excluding hydrogens is 196 g/mol. The summed E-state index contributed by atoms with van der Waals surface area (Å²) in [6.45, 7) is 5.88. The lowest BCUT2D eigenvalue weighted by Gasteiger charge is -2.20. The second-order valence-corrected chi connectivity index (χ2v) is 4.40. The number of rotatable bonds is 2. The van der Waals surface area contributed by atoms with Gasteiger partial charge in [-0.05, 0) is 26.8 Å². The van der Waals surface area contributed by atoms with Crippen molar-refractivity contribution in [3.05, 3.63) is 23.9 Å². The summed E-state index contributed by atoms with van der Waals surface area (Å²) in [5.74, 6) is 0.544. The highest BCUT2D eigenvalue weighted by atomic mass is 32.1. The third kappa shape index (κ3) is 3.30. The van der Waals surface area contributed by atoms with Crippen LogP contribution in [-0.2, 0) is 0 Å². The van der Waals surface area contributed by atoms with Crippen molar-refractivity contribution in [2.45, 2.75) is 26.4 Å². The summed E-state index contributed by atoms with van der Waals surface area (Å²) in [5.41, 5.74) is 6.00. The van der Waals surface area contributed by atoms with Gasteiger partial charge in [-0.2, -0.15) is 0 Å². The second-order valence-electron chi connectivity index (χ2n) is 3.96. The van der Waals surface area contributed by atoms with E-state index in [0.29, 0.717) is 10.9 Å². The van der Waals surface area contributed by atoms with Crippen molar-refractivity contribution in [1.82, 2.24) is 4.98 Å². The molecule has 1 aromatic rings. The van der Waals surface area contributed by atoms with Crippen LogP contribution in [0.2, 0.25) is 0 Å². The van der Waals surface area contributed by atoms with E-state index in [1.807, 2.05) is 20.8 Å². The van der Waals surface area contributed by atoms with E-state index in [1.165, 1.54) is 0 Å². The zero-order valence-electron chi connectivity index (χ0n) is 8.57. The molecule has 0 saturated carbocycles. The molecule has 0 unspecified atom stereocenters. The molecule has 1 aromatic heterocycles. The van der Waals surface area contributed by atoms with Crippen LogP contribution < -0.4 is 10.5 Å². The average molecular weight is 210 g/mol. The van der Waals surface area contributed by atoms with E-state index >= 15 is 0 Å². The third-order valence-corrected chi connectivity index (χ3v) is 1.67. The average Bonchev–Trinajstić information content (AvgIpc) is 2.01. The van der Waals surface area contributed by atoms with E-state index in [9.17, 15) is 0 Å². The molecular formula is C10H14N2OS. The van der Waals surface area contributed by atoms with Gasteiger partial charge in [-0.1, -0.05) is 12.2 Å². The molecule has 0 aliphatic heterocycles. The van der Waals surface area contributed by atoms with Gasteiger partial charge < -0.3 is 10.5 Å². The normalized spacial score (nSPS) is 11.1. The first-order valence-corrected chi connectivity index (χ1v) is 4.74. The molecule has 0 aliphatic rings. The largest absolute Gasteiger partial charge is 0.472 e. The van der Waals surface area contributed by atoms with E-state index in [2.05, 4.69) is 4.98 Å². The molecule has 3 nitrogen and oxygen atoms in total. The van der Waals surface area contributed by atoms with Crippen molar-refractivity contribution >= 4 is 17.2 Å². The Kier molecular flexibility index (Phi) is 3.06. The van der Waals surface area contributed by atoms with Gasteiger partial charge in [-0.15, -0.1) is 0 Å². The van der Waals surface area contributed by atoms with Crippen molar-refractivity contribution in [2.75, 3.05) is 0 Å². The Bertz CT molecular complexity index is 344. The first-order valence-electron chi connectivity index (χ1n) is 4.33. The molecule has 0 spiro atoms. The molecule has 0 saturated heterocycles. The molecule has 0 radical (unpaired) electrons. The Morgan fingerprint density at radius 1 is 1.50 bits per heavy atom. The Labute approximate surface area is 89.3 Å². The van der Waals surface area contributed by atoms with Crippen LogP contribution in [0, 0.1) is 0 Å². The van der Waals surface area contributed by atoms with Gasteiger partial charge in [0.2, 0.25) is 5.88 Å². The van der Waals surface area contributed by atoms with Crippen molar-refractivity contribution in [1.29, 1.82) is 0 Å². The Balaban J connectivity index is 2.89. The van der Waals surface area contributed by atoms with Crippen molar-refractivity contribution in [2.24, 2.45) is 5.73 Å². The van der Waals surface area contributed by atoms with Crippen molar-refractivity contribution in [3.8, 4) is 5.88 Å². The van der Waals surface area contributed by atoms with E-state index in [0.717, 1.165) is 5.56 Å². The lowest BCUT2D eigenvalue weighted by atomic mass is 10.2. The first-order chi connectivity index (χ1) is 6.38. The number of thiocarbonyl (C=S) groups is 1. The minimum absolute atomic E-state index is 0.262. The standard InChI is InChI=1S/C10H14N2OS/c1-10(2,3)13-8-6-7(9(11)14)4-5-12-8/h4-6H,1-3H3,(H2,11,14). The molecule has 76 valence electrons. The summed E-state index contributed by atoms with van der Waals surface area (Å²) in [5, 5.41) is 0. The van der Waals surface area contributed by atoms with E-state index < -0.39 is 0 Å². The Morgan fingerprint density at radius 2 is 2.14 bits per heavy atom. The van der Waals surface area contributed by atoms with Gasteiger partial charge in [0.05, 0.1) is 0 Å². The zero-order valence-corrected chi connectivity index (χ0v) is 9.39. The summed E-state index contributed by atoms with van der Waals surface area (Å²) in [6.07, 6.45) is 1.63. The van der Waals surface area contributed by atoms with Crippen molar-refractivity contribution in [3.63, 3.8) is 0 Å². The molecule has 0 aliphatic carbocycles. The highest BCUT2D eigenvalue weighted by Crippen LogP contribution is 2.16. The summed E-state index contributed by atoms with van der Waals surface area (Å²) in [4.78, 5) is 4.42. The monoisotopic (exact) mass is 210 g/mol. The van der Waals surface area contributed by atoms with Crippen LogP contribution in [0.3, 0.4) is 0 Å². The van der Waals surface area contributed by atoms with Gasteiger partial charge >= 0.3 is 0 Å². The number of aromatic nitrogens is 1. The molecule has 0 bridgehead atoms. The zero-order chi connectivity index (χ0) is 10.8. The number of pyridine rings is 1. The minimum atomic E-state index is -0.262. The smallest absolute Gasteiger partial charge is 0.214 e. The fourth-order valence-corrected chi connectivity index (χ4v) is 1.06.